The number of rotatable bonds is 9. The van der Waals surface area contributed by atoms with Gasteiger partial charge >= 0.3 is 5.97 Å². The van der Waals surface area contributed by atoms with Crippen molar-refractivity contribution in [2.45, 2.75) is 57.6 Å². The van der Waals surface area contributed by atoms with E-state index in [0.717, 1.165) is 44.3 Å². The van der Waals surface area contributed by atoms with E-state index in [4.69, 9.17) is 11.2 Å². The summed E-state index contributed by atoms with van der Waals surface area (Å²) in [6.45, 7) is 3.33. The van der Waals surface area contributed by atoms with E-state index in [-0.39, 0.29) is 30.8 Å². The quantitative estimate of drug-likeness (QED) is 0.442. The van der Waals surface area contributed by atoms with Gasteiger partial charge in [-0.1, -0.05) is 36.3 Å². The number of hydrogen-bond donors (Lipinski definition) is 2. The van der Waals surface area contributed by atoms with E-state index in [9.17, 15) is 14.4 Å². The Labute approximate surface area is 196 Å². The molecule has 1 aromatic rings. The Hall–Kier alpha value is -2.85. The lowest BCUT2D eigenvalue weighted by Gasteiger charge is -2.33. The molecule has 1 unspecified atom stereocenters. The first-order valence-electron chi connectivity index (χ1n) is 12.0. The molecule has 2 aliphatic heterocycles. The van der Waals surface area contributed by atoms with Crippen LogP contribution in [0.3, 0.4) is 0 Å². The molecule has 3 rings (SSSR count). The zero-order valence-electron chi connectivity index (χ0n) is 19.3. The average molecular weight is 454 g/mol. The van der Waals surface area contributed by atoms with Crippen molar-refractivity contribution in [3.8, 4) is 12.3 Å². The number of piperidine rings is 2. The first-order chi connectivity index (χ1) is 16.0. The molecule has 0 radical (unpaired) electrons. The summed E-state index contributed by atoms with van der Waals surface area (Å²) >= 11 is 0. The van der Waals surface area contributed by atoms with Gasteiger partial charge in [-0.2, -0.15) is 0 Å². The van der Waals surface area contributed by atoms with Gasteiger partial charge in [0.15, 0.2) is 0 Å². The molecule has 2 fully saturated rings. The number of carbonyl (C=O) groups excluding carboxylic acids is 3. The van der Waals surface area contributed by atoms with Gasteiger partial charge in [0.05, 0.1) is 12.3 Å². The molecular weight excluding hydrogens is 418 g/mol. The summed E-state index contributed by atoms with van der Waals surface area (Å²) in [7, 11) is 0. The Bertz CT molecular complexity index is 830. The lowest BCUT2D eigenvalue weighted by molar-refractivity contribution is -0.145. The van der Waals surface area contributed by atoms with Crippen molar-refractivity contribution in [2.75, 3.05) is 26.2 Å². The molecule has 2 amide bonds. The Morgan fingerprint density at radius 3 is 2.67 bits per heavy atom. The molecule has 2 saturated heterocycles. The summed E-state index contributed by atoms with van der Waals surface area (Å²) in [6.07, 6.45) is 10.7. The number of nitrogens with zero attached hydrogens (tertiary/aromatic N) is 1. The molecule has 0 aromatic heterocycles. The van der Waals surface area contributed by atoms with Crippen LogP contribution in [0.25, 0.3) is 0 Å². The van der Waals surface area contributed by atoms with Crippen LogP contribution in [-0.2, 0) is 25.7 Å². The topological polar surface area (TPSA) is 87.7 Å². The van der Waals surface area contributed by atoms with E-state index >= 15 is 0 Å². The van der Waals surface area contributed by atoms with Gasteiger partial charge in [0.2, 0.25) is 11.8 Å². The zero-order valence-corrected chi connectivity index (χ0v) is 19.3. The minimum absolute atomic E-state index is 0.0827. The molecule has 2 heterocycles. The lowest BCUT2D eigenvalue weighted by Crippen LogP contribution is -2.47. The number of hydrogen-bond acceptors (Lipinski definition) is 5. The molecule has 0 saturated carbocycles. The third-order valence-electron chi connectivity index (χ3n) is 6.50. The van der Waals surface area contributed by atoms with Gasteiger partial charge in [-0.15, -0.1) is 6.42 Å². The molecule has 1 aromatic carbocycles. The van der Waals surface area contributed by atoms with Crippen molar-refractivity contribution >= 4 is 17.8 Å². The second-order valence-corrected chi connectivity index (χ2v) is 8.99. The van der Waals surface area contributed by atoms with E-state index in [1.807, 2.05) is 35.2 Å². The molecule has 2 atom stereocenters. The van der Waals surface area contributed by atoms with Crippen molar-refractivity contribution in [2.24, 2.45) is 11.8 Å². The van der Waals surface area contributed by atoms with Crippen molar-refractivity contribution in [1.82, 2.24) is 15.5 Å². The first-order valence-corrected chi connectivity index (χ1v) is 12.0. The van der Waals surface area contributed by atoms with Gasteiger partial charge < -0.3 is 20.3 Å². The second-order valence-electron chi connectivity index (χ2n) is 8.99. The smallest absolute Gasteiger partial charge is 0.309 e. The fourth-order valence-electron chi connectivity index (χ4n) is 4.48. The van der Waals surface area contributed by atoms with Crippen LogP contribution in [0.4, 0.5) is 0 Å². The second kappa shape index (κ2) is 13.0. The van der Waals surface area contributed by atoms with Crippen LogP contribution in [0, 0.1) is 24.2 Å². The van der Waals surface area contributed by atoms with E-state index < -0.39 is 12.0 Å². The van der Waals surface area contributed by atoms with Gasteiger partial charge in [0.25, 0.3) is 0 Å². The van der Waals surface area contributed by atoms with Crippen molar-refractivity contribution in [3.63, 3.8) is 0 Å². The fourth-order valence-corrected chi connectivity index (χ4v) is 4.48. The highest BCUT2D eigenvalue weighted by Crippen LogP contribution is 2.21. The fraction of sp³-hybridized carbons (Fsp3) is 0.577. The van der Waals surface area contributed by atoms with Crippen LogP contribution >= 0.6 is 0 Å². The highest BCUT2D eigenvalue weighted by Gasteiger charge is 2.30. The normalized spacial score (nSPS) is 19.8. The number of amides is 2. The maximum atomic E-state index is 12.8. The molecular formula is C26H35N3O4. The molecule has 7 heteroatoms. The number of benzene rings is 1. The molecule has 33 heavy (non-hydrogen) atoms. The van der Waals surface area contributed by atoms with Gasteiger partial charge in [-0.05, 0) is 56.7 Å². The molecule has 7 nitrogen and oxygen atoms in total. The summed E-state index contributed by atoms with van der Waals surface area (Å²) in [5.74, 6) is 2.24. The predicted molar refractivity (Wildman–Crippen MR) is 126 cm³/mol. The lowest BCUT2D eigenvalue weighted by atomic mass is 9.92. The number of nitrogens with one attached hydrogen (secondary N) is 2. The summed E-state index contributed by atoms with van der Waals surface area (Å²) in [4.78, 5) is 39.5. The summed E-state index contributed by atoms with van der Waals surface area (Å²) < 4.78 is 5.27. The van der Waals surface area contributed by atoms with Gasteiger partial charge in [0.1, 0.15) is 12.6 Å². The number of terminal acetylenes is 1. The van der Waals surface area contributed by atoms with Gasteiger partial charge in [-0.3, -0.25) is 14.4 Å². The Balaban J connectivity index is 1.41. The number of likely N-dealkylation sites (tertiary alicyclic amines) is 1. The average Bonchev–Trinajstić information content (AvgIpc) is 2.87. The monoisotopic (exact) mass is 453 g/mol. The van der Waals surface area contributed by atoms with E-state index in [1.165, 1.54) is 0 Å². The van der Waals surface area contributed by atoms with Gasteiger partial charge in [0, 0.05) is 19.5 Å². The molecule has 178 valence electrons. The van der Waals surface area contributed by atoms with Crippen molar-refractivity contribution in [3.05, 3.63) is 35.9 Å². The van der Waals surface area contributed by atoms with Crippen LogP contribution in [0.1, 0.15) is 50.5 Å². The van der Waals surface area contributed by atoms with E-state index in [1.54, 1.807) is 0 Å². The van der Waals surface area contributed by atoms with Crippen LogP contribution in [0.2, 0.25) is 0 Å². The van der Waals surface area contributed by atoms with Crippen LogP contribution in [0.5, 0.6) is 0 Å². The molecule has 2 aliphatic rings. The largest absolute Gasteiger partial charge is 0.461 e. The van der Waals surface area contributed by atoms with Crippen molar-refractivity contribution < 1.29 is 19.1 Å². The first kappa shape index (κ1) is 24.8. The minimum atomic E-state index is -0.730. The maximum Gasteiger partial charge on any atom is 0.309 e. The Morgan fingerprint density at radius 2 is 1.94 bits per heavy atom. The van der Waals surface area contributed by atoms with Crippen LogP contribution in [0.15, 0.2) is 30.3 Å². The maximum absolute atomic E-state index is 12.8. The third kappa shape index (κ3) is 8.21. The summed E-state index contributed by atoms with van der Waals surface area (Å²) in [6, 6.07) is 8.65. The van der Waals surface area contributed by atoms with Gasteiger partial charge in [-0.25, -0.2) is 0 Å². The van der Waals surface area contributed by atoms with Crippen LogP contribution < -0.4 is 10.6 Å². The molecule has 0 bridgehead atoms. The van der Waals surface area contributed by atoms with Crippen LogP contribution in [-0.4, -0.2) is 54.9 Å². The summed E-state index contributed by atoms with van der Waals surface area (Å²) in [5.41, 5.74) is 0.888. The molecule has 0 spiro atoms. The van der Waals surface area contributed by atoms with E-state index in [0.29, 0.717) is 31.8 Å². The summed E-state index contributed by atoms with van der Waals surface area (Å²) in [5, 5.41) is 6.14. The Morgan fingerprint density at radius 1 is 1.18 bits per heavy atom. The third-order valence-corrected chi connectivity index (χ3v) is 6.50. The highest BCUT2D eigenvalue weighted by molar-refractivity contribution is 5.82. The number of esters is 1. The van der Waals surface area contributed by atoms with E-state index in [2.05, 4.69) is 16.6 Å². The molecule has 0 aliphatic carbocycles. The number of ether oxygens (including phenoxy) is 1. The number of carbonyl (C=O) groups is 3. The molecule has 2 N–H and O–H groups in total. The van der Waals surface area contributed by atoms with Crippen molar-refractivity contribution in [1.29, 1.82) is 0 Å². The minimum Gasteiger partial charge on any atom is -0.461 e. The zero-order chi connectivity index (χ0) is 23.5. The predicted octanol–water partition coefficient (Wildman–Crippen LogP) is 2.26. The Kier molecular flexibility index (Phi) is 9.77. The SMILES string of the molecule is C#CC(CC(=O)OCc1ccccc1)NC(=O)[C@@H]1CCCN(C(=O)CCC2CCNCC2)C1. The standard InChI is InChI=1S/C26H35N3O4/c1-2-23(17-25(31)33-19-21-7-4-3-5-8-21)28-26(32)22-9-6-16-29(18-22)24(30)11-10-20-12-14-27-15-13-20/h1,3-5,7-8,20,22-23,27H,6,9-19H2,(H,28,32)/t22-,23?/m1/s1. The highest BCUT2D eigenvalue weighted by atomic mass is 16.5.